The molecule has 2 aromatic carbocycles. The molecule has 1 amide bonds. The molecule has 0 saturated carbocycles. The van der Waals surface area contributed by atoms with Crippen LogP contribution in [-0.2, 0) is 24.8 Å². The van der Waals surface area contributed by atoms with Crippen molar-refractivity contribution in [2.45, 2.75) is 11.8 Å². The number of rotatable bonds is 4. The lowest BCUT2D eigenvalue weighted by molar-refractivity contribution is -0.119. The topological polar surface area (TPSA) is 101 Å². The Bertz CT molecular complexity index is 1000. The highest BCUT2D eigenvalue weighted by Gasteiger charge is 2.41. The fourth-order valence-electron chi connectivity index (χ4n) is 2.57. The van der Waals surface area contributed by atoms with Gasteiger partial charge in [-0.05, 0) is 36.4 Å². The molecule has 0 bridgehead atoms. The van der Waals surface area contributed by atoms with E-state index in [0.717, 1.165) is 4.31 Å². The van der Waals surface area contributed by atoms with Crippen molar-refractivity contribution in [1.29, 1.82) is 0 Å². The van der Waals surface area contributed by atoms with E-state index in [2.05, 4.69) is 4.72 Å². The number of para-hydroxylation sites is 1. The van der Waals surface area contributed by atoms with Crippen LogP contribution in [0.2, 0.25) is 0 Å². The maximum Gasteiger partial charge on any atom is 0.261 e. The van der Waals surface area contributed by atoms with Crippen LogP contribution < -0.4 is 9.03 Å². The number of sulfonamides is 2. The average Bonchev–Trinajstić information content (AvgIpc) is 2.75. The molecule has 1 aliphatic rings. The first-order chi connectivity index (χ1) is 11.7. The lowest BCUT2D eigenvalue weighted by Crippen LogP contribution is -2.30. The summed E-state index contributed by atoms with van der Waals surface area (Å²) in [7, 11) is -7.53. The number of anilines is 2. The zero-order chi connectivity index (χ0) is 18.2. The molecule has 132 valence electrons. The van der Waals surface area contributed by atoms with Crippen molar-refractivity contribution < 1.29 is 21.6 Å². The van der Waals surface area contributed by atoms with Crippen molar-refractivity contribution in [3.63, 3.8) is 0 Å². The SMILES string of the molecule is C[C@H]1CS(=O)(=O)N(c2ccc(S(=O)(=O)Nc3ccccc3)cc2)C1=O. The van der Waals surface area contributed by atoms with Gasteiger partial charge in [0.05, 0.1) is 22.3 Å². The van der Waals surface area contributed by atoms with E-state index in [4.69, 9.17) is 0 Å². The zero-order valence-corrected chi connectivity index (χ0v) is 14.9. The van der Waals surface area contributed by atoms with Crippen LogP contribution in [0.5, 0.6) is 0 Å². The Balaban J connectivity index is 1.89. The van der Waals surface area contributed by atoms with E-state index in [1.807, 2.05) is 0 Å². The first-order valence-corrected chi connectivity index (χ1v) is 10.5. The van der Waals surface area contributed by atoms with Gasteiger partial charge in [-0.3, -0.25) is 9.52 Å². The van der Waals surface area contributed by atoms with E-state index in [-0.39, 0.29) is 16.3 Å². The molecule has 2 aromatic rings. The number of amides is 1. The number of carbonyl (C=O) groups excluding carboxylic acids is 1. The summed E-state index contributed by atoms with van der Waals surface area (Å²) in [6, 6.07) is 13.6. The molecule has 1 atom stereocenters. The number of nitrogens with zero attached hydrogens (tertiary/aromatic N) is 1. The second kappa shape index (κ2) is 6.16. The minimum Gasteiger partial charge on any atom is -0.280 e. The standard InChI is InChI=1S/C16H16N2O5S2/c1-12-11-24(20,21)18(16(12)19)14-7-9-15(10-8-14)25(22,23)17-13-5-3-2-4-6-13/h2-10,12,17H,11H2,1H3/t12-/m0/s1. The molecule has 25 heavy (non-hydrogen) atoms. The monoisotopic (exact) mass is 380 g/mol. The highest BCUT2D eigenvalue weighted by atomic mass is 32.2. The van der Waals surface area contributed by atoms with Crippen LogP contribution in [0.25, 0.3) is 0 Å². The van der Waals surface area contributed by atoms with Gasteiger partial charge in [-0.25, -0.2) is 21.1 Å². The lowest BCUT2D eigenvalue weighted by Gasteiger charge is -2.16. The summed E-state index contributed by atoms with van der Waals surface area (Å²) in [5.74, 6) is -1.38. The van der Waals surface area contributed by atoms with E-state index in [1.165, 1.54) is 24.3 Å². The van der Waals surface area contributed by atoms with Crippen LogP contribution in [0.15, 0.2) is 59.5 Å². The van der Waals surface area contributed by atoms with Crippen molar-refractivity contribution in [3.8, 4) is 0 Å². The van der Waals surface area contributed by atoms with E-state index < -0.39 is 31.9 Å². The minimum absolute atomic E-state index is 0.0304. The molecule has 1 heterocycles. The smallest absolute Gasteiger partial charge is 0.261 e. The number of carbonyl (C=O) groups is 1. The van der Waals surface area contributed by atoms with Gasteiger partial charge in [0.25, 0.3) is 10.0 Å². The molecule has 0 unspecified atom stereocenters. The van der Waals surface area contributed by atoms with E-state index in [9.17, 15) is 21.6 Å². The van der Waals surface area contributed by atoms with Gasteiger partial charge < -0.3 is 0 Å². The number of hydrogen-bond acceptors (Lipinski definition) is 5. The fraction of sp³-hybridized carbons (Fsp3) is 0.188. The van der Waals surface area contributed by atoms with Gasteiger partial charge in [-0.15, -0.1) is 0 Å². The highest BCUT2D eigenvalue weighted by molar-refractivity contribution is 7.94. The van der Waals surface area contributed by atoms with Crippen LogP contribution >= 0.6 is 0 Å². The molecular weight excluding hydrogens is 364 g/mol. The molecule has 1 saturated heterocycles. The van der Waals surface area contributed by atoms with Crippen LogP contribution in [0.4, 0.5) is 11.4 Å². The molecular formula is C16H16N2O5S2. The molecule has 9 heteroatoms. The largest absolute Gasteiger partial charge is 0.280 e. The quantitative estimate of drug-likeness (QED) is 0.872. The summed E-state index contributed by atoms with van der Waals surface area (Å²) in [6.45, 7) is 1.54. The zero-order valence-electron chi connectivity index (χ0n) is 13.3. The number of benzene rings is 2. The molecule has 0 aromatic heterocycles. The molecule has 1 N–H and O–H groups in total. The molecule has 7 nitrogen and oxygen atoms in total. The van der Waals surface area contributed by atoms with Gasteiger partial charge in [0.1, 0.15) is 0 Å². The van der Waals surface area contributed by atoms with Crippen LogP contribution in [0, 0.1) is 5.92 Å². The van der Waals surface area contributed by atoms with Crippen molar-refractivity contribution in [2.24, 2.45) is 5.92 Å². The molecule has 0 spiro atoms. The van der Waals surface area contributed by atoms with Crippen LogP contribution in [0.1, 0.15) is 6.92 Å². The Hall–Kier alpha value is -2.39. The molecule has 1 fully saturated rings. The van der Waals surface area contributed by atoms with E-state index in [0.29, 0.717) is 5.69 Å². The molecule has 0 radical (unpaired) electrons. The molecule has 0 aliphatic carbocycles. The summed E-state index contributed by atoms with van der Waals surface area (Å²) in [5, 5.41) is 0. The third-order valence-electron chi connectivity index (χ3n) is 3.77. The van der Waals surface area contributed by atoms with Crippen molar-refractivity contribution >= 4 is 37.3 Å². The minimum atomic E-state index is -3.81. The van der Waals surface area contributed by atoms with Crippen molar-refractivity contribution in [1.82, 2.24) is 0 Å². The van der Waals surface area contributed by atoms with E-state index >= 15 is 0 Å². The van der Waals surface area contributed by atoms with Gasteiger partial charge in [0.2, 0.25) is 15.9 Å². The fourth-order valence-corrected chi connectivity index (χ4v) is 5.45. The predicted octanol–water partition coefficient (Wildman–Crippen LogP) is 1.80. The second-order valence-electron chi connectivity index (χ2n) is 5.75. The number of hydrogen-bond donors (Lipinski definition) is 1. The van der Waals surface area contributed by atoms with Gasteiger partial charge in [-0.1, -0.05) is 25.1 Å². The van der Waals surface area contributed by atoms with Gasteiger partial charge in [-0.2, -0.15) is 0 Å². The van der Waals surface area contributed by atoms with E-state index in [1.54, 1.807) is 37.3 Å². The summed E-state index contributed by atoms with van der Waals surface area (Å²) in [5.41, 5.74) is 0.547. The Morgan fingerprint density at radius 1 is 1.04 bits per heavy atom. The Labute approximate surface area is 146 Å². The third kappa shape index (κ3) is 3.38. The molecule has 1 aliphatic heterocycles. The maximum atomic E-state index is 12.4. The van der Waals surface area contributed by atoms with Crippen molar-refractivity contribution in [3.05, 3.63) is 54.6 Å². The normalized spacial score (nSPS) is 19.8. The van der Waals surface area contributed by atoms with Gasteiger partial charge >= 0.3 is 0 Å². The van der Waals surface area contributed by atoms with Crippen LogP contribution in [-0.4, -0.2) is 28.5 Å². The summed E-state index contributed by atoms with van der Waals surface area (Å²) in [6.07, 6.45) is 0. The first-order valence-electron chi connectivity index (χ1n) is 7.45. The number of nitrogens with one attached hydrogen (secondary N) is 1. The van der Waals surface area contributed by atoms with Crippen molar-refractivity contribution in [2.75, 3.05) is 14.8 Å². The Morgan fingerprint density at radius 3 is 2.16 bits per heavy atom. The summed E-state index contributed by atoms with van der Waals surface area (Å²) < 4.78 is 52.1. The first kappa shape index (κ1) is 17.4. The van der Waals surface area contributed by atoms with Gasteiger partial charge in [0, 0.05) is 5.69 Å². The average molecular weight is 380 g/mol. The molecule has 3 rings (SSSR count). The lowest BCUT2D eigenvalue weighted by atomic mass is 10.2. The predicted molar refractivity (Wildman–Crippen MR) is 94.1 cm³/mol. The Morgan fingerprint density at radius 2 is 1.64 bits per heavy atom. The highest BCUT2D eigenvalue weighted by Crippen LogP contribution is 2.29. The summed E-state index contributed by atoms with van der Waals surface area (Å²) >= 11 is 0. The summed E-state index contributed by atoms with van der Waals surface area (Å²) in [4.78, 5) is 12.0. The van der Waals surface area contributed by atoms with Crippen LogP contribution in [0.3, 0.4) is 0 Å². The maximum absolute atomic E-state index is 12.4. The second-order valence-corrected chi connectivity index (χ2v) is 9.29. The third-order valence-corrected chi connectivity index (χ3v) is 7.03. The van der Waals surface area contributed by atoms with Gasteiger partial charge in [0.15, 0.2) is 0 Å². The Kier molecular flexibility index (Phi) is 4.29.